The number of aromatic amines is 1. The quantitative estimate of drug-likeness (QED) is 0.215. The number of alkyl carbamates (subject to hydrolysis) is 1. The maximum atomic E-state index is 13.2. The minimum Gasteiger partial charge on any atom is -0.453 e. The Morgan fingerprint density at radius 2 is 2.02 bits per heavy atom. The number of nitrogens with one attached hydrogen (secondary N) is 3. The van der Waals surface area contributed by atoms with Crippen LogP contribution in [0.25, 0.3) is 11.2 Å². The van der Waals surface area contributed by atoms with Gasteiger partial charge in [-0.2, -0.15) is 0 Å². The molecule has 0 saturated heterocycles. The SMILES string of the molecule is CCCCCc1ncnc2nc(Cn3cccc(NC(=O)C(CCC=CC(=O)N(C)C)NC(=O)OC)c3=O)[nH]c12. The second-order valence-electron chi connectivity index (χ2n) is 9.40. The number of ether oxygens (including phenoxy) is 1. The molecule has 0 aliphatic rings. The van der Waals surface area contributed by atoms with E-state index in [1.807, 2.05) is 0 Å². The summed E-state index contributed by atoms with van der Waals surface area (Å²) in [5.74, 6) is -0.263. The van der Waals surface area contributed by atoms with Gasteiger partial charge in [0.15, 0.2) is 5.65 Å². The first-order valence-electron chi connectivity index (χ1n) is 13.1. The number of H-pyrrole nitrogens is 1. The molecule has 0 spiro atoms. The van der Waals surface area contributed by atoms with E-state index >= 15 is 0 Å². The molecule has 0 aromatic carbocycles. The number of hydrogen-bond donors (Lipinski definition) is 3. The highest BCUT2D eigenvalue weighted by molar-refractivity contribution is 5.96. The van der Waals surface area contributed by atoms with E-state index in [0.29, 0.717) is 17.9 Å². The van der Waals surface area contributed by atoms with Crippen LogP contribution in [0.5, 0.6) is 0 Å². The van der Waals surface area contributed by atoms with Crippen LogP contribution < -0.4 is 16.2 Å². The lowest BCUT2D eigenvalue weighted by atomic mass is 10.1. The topological polar surface area (TPSA) is 164 Å². The molecule has 13 heteroatoms. The van der Waals surface area contributed by atoms with Crippen molar-refractivity contribution in [3.63, 3.8) is 0 Å². The number of imidazole rings is 1. The Balaban J connectivity index is 1.73. The minimum absolute atomic E-state index is 0.0404. The van der Waals surface area contributed by atoms with Crippen LogP contribution >= 0.6 is 0 Å². The number of rotatable bonds is 13. The van der Waals surface area contributed by atoms with Crippen LogP contribution in [0.4, 0.5) is 10.5 Å². The summed E-state index contributed by atoms with van der Waals surface area (Å²) >= 11 is 0. The minimum atomic E-state index is -1.00. The summed E-state index contributed by atoms with van der Waals surface area (Å²) in [6.45, 7) is 2.27. The molecular weight excluding hydrogens is 516 g/mol. The Hall–Kier alpha value is -4.55. The zero-order valence-corrected chi connectivity index (χ0v) is 23.3. The lowest BCUT2D eigenvalue weighted by molar-refractivity contribution is -0.123. The third-order valence-electron chi connectivity index (χ3n) is 6.15. The summed E-state index contributed by atoms with van der Waals surface area (Å²) in [5, 5.41) is 5.07. The molecule has 3 aromatic heterocycles. The molecule has 0 radical (unpaired) electrons. The van der Waals surface area contributed by atoms with Crippen molar-refractivity contribution in [2.75, 3.05) is 26.5 Å². The van der Waals surface area contributed by atoms with Gasteiger partial charge >= 0.3 is 6.09 Å². The highest BCUT2D eigenvalue weighted by Crippen LogP contribution is 2.15. The predicted molar refractivity (Wildman–Crippen MR) is 150 cm³/mol. The summed E-state index contributed by atoms with van der Waals surface area (Å²) < 4.78 is 6.04. The molecule has 3 aromatic rings. The summed E-state index contributed by atoms with van der Waals surface area (Å²) in [5.41, 5.74) is 1.77. The molecule has 0 bridgehead atoms. The normalized spacial score (nSPS) is 11.9. The van der Waals surface area contributed by atoms with Gasteiger partial charge in [0.1, 0.15) is 29.4 Å². The van der Waals surface area contributed by atoms with Gasteiger partial charge in [-0.3, -0.25) is 14.4 Å². The van der Waals surface area contributed by atoms with Crippen LogP contribution in [0.15, 0.2) is 41.6 Å². The van der Waals surface area contributed by atoms with Crippen molar-refractivity contribution in [2.24, 2.45) is 0 Å². The average Bonchev–Trinajstić information content (AvgIpc) is 3.35. The molecular formula is C27H36N8O5. The highest BCUT2D eigenvalue weighted by Gasteiger charge is 2.22. The van der Waals surface area contributed by atoms with Gasteiger partial charge in [0.25, 0.3) is 5.56 Å². The number of aryl methyl sites for hydroxylation is 1. The van der Waals surface area contributed by atoms with Gasteiger partial charge in [0, 0.05) is 20.3 Å². The molecule has 1 unspecified atom stereocenters. The molecule has 0 fully saturated rings. The van der Waals surface area contributed by atoms with Gasteiger partial charge in [-0.15, -0.1) is 0 Å². The number of allylic oxidation sites excluding steroid dienone is 1. The summed E-state index contributed by atoms with van der Waals surface area (Å²) in [4.78, 5) is 67.6. The van der Waals surface area contributed by atoms with Gasteiger partial charge in [-0.05, 0) is 43.9 Å². The monoisotopic (exact) mass is 552 g/mol. The molecule has 0 saturated carbocycles. The van der Waals surface area contributed by atoms with Crippen molar-refractivity contribution >= 4 is 34.8 Å². The number of hydrogen-bond acceptors (Lipinski definition) is 8. The second kappa shape index (κ2) is 14.6. The van der Waals surface area contributed by atoms with Gasteiger partial charge < -0.3 is 29.8 Å². The number of likely N-dealkylation sites (N-methyl/N-ethyl adjacent to an activating group) is 1. The Kier molecular flexibility index (Phi) is 10.9. The van der Waals surface area contributed by atoms with Crippen LogP contribution in [0, 0.1) is 0 Å². The Morgan fingerprint density at radius 1 is 1.23 bits per heavy atom. The van der Waals surface area contributed by atoms with E-state index in [1.54, 1.807) is 32.4 Å². The van der Waals surface area contributed by atoms with Gasteiger partial charge in [0.2, 0.25) is 11.8 Å². The van der Waals surface area contributed by atoms with Crippen molar-refractivity contribution in [2.45, 2.75) is 58.0 Å². The maximum absolute atomic E-state index is 13.2. The standard InChI is InChI=1S/C27H36N8O5/c1-5-6-7-11-18-23-24(29-17-28-18)33-21(32-23)16-35-15-10-13-20(26(35)38)30-25(37)19(31-27(39)40-4)12-8-9-14-22(36)34(2)3/h9-10,13-15,17,19H,5-8,11-12,16H2,1-4H3,(H,30,37)(H,31,39)(H,28,29,32,33). The van der Waals surface area contributed by atoms with E-state index in [0.717, 1.165) is 36.9 Å². The molecule has 13 nitrogen and oxygen atoms in total. The second-order valence-corrected chi connectivity index (χ2v) is 9.40. The molecule has 214 valence electrons. The fourth-order valence-corrected chi connectivity index (χ4v) is 3.93. The highest BCUT2D eigenvalue weighted by atomic mass is 16.5. The van der Waals surface area contributed by atoms with Crippen molar-refractivity contribution in [1.29, 1.82) is 0 Å². The number of aromatic nitrogens is 5. The van der Waals surface area contributed by atoms with E-state index in [-0.39, 0.29) is 24.6 Å². The van der Waals surface area contributed by atoms with E-state index in [4.69, 9.17) is 0 Å². The van der Waals surface area contributed by atoms with E-state index in [9.17, 15) is 19.2 Å². The average molecular weight is 553 g/mol. The number of unbranched alkanes of at least 4 members (excludes halogenated alkanes) is 2. The molecule has 0 aliphatic heterocycles. The number of methoxy groups -OCH3 is 1. The van der Waals surface area contributed by atoms with Crippen LogP contribution in [-0.4, -0.2) is 74.6 Å². The fourth-order valence-electron chi connectivity index (χ4n) is 3.93. The summed E-state index contributed by atoms with van der Waals surface area (Å²) in [6, 6.07) is 2.12. The Labute approximate surface area is 232 Å². The smallest absolute Gasteiger partial charge is 0.407 e. The first-order valence-corrected chi connectivity index (χ1v) is 13.1. The number of amides is 3. The summed E-state index contributed by atoms with van der Waals surface area (Å²) in [7, 11) is 4.44. The molecule has 3 amide bonds. The first kappa shape index (κ1) is 30.0. The number of carbonyl (C=O) groups is 3. The molecule has 0 aliphatic carbocycles. The molecule has 40 heavy (non-hydrogen) atoms. The van der Waals surface area contributed by atoms with Crippen molar-refractivity contribution < 1.29 is 19.1 Å². The molecule has 1 atom stereocenters. The zero-order valence-electron chi connectivity index (χ0n) is 23.3. The predicted octanol–water partition coefficient (Wildman–Crippen LogP) is 2.38. The number of anilines is 1. The molecule has 3 N–H and O–H groups in total. The van der Waals surface area contributed by atoms with E-state index in [2.05, 4.69) is 42.2 Å². The molecule has 3 heterocycles. The van der Waals surface area contributed by atoms with Gasteiger partial charge in [0.05, 0.1) is 19.3 Å². The van der Waals surface area contributed by atoms with Crippen LogP contribution in [0.2, 0.25) is 0 Å². The van der Waals surface area contributed by atoms with E-state index in [1.165, 1.54) is 35.0 Å². The number of nitrogens with zero attached hydrogens (tertiary/aromatic N) is 5. The van der Waals surface area contributed by atoms with Gasteiger partial charge in [-0.25, -0.2) is 19.7 Å². The summed E-state index contributed by atoms with van der Waals surface area (Å²) in [6.07, 6.45) is 9.82. The number of fused-ring (bicyclic) bond motifs is 1. The van der Waals surface area contributed by atoms with Crippen LogP contribution in [-0.2, 0) is 27.3 Å². The largest absolute Gasteiger partial charge is 0.453 e. The maximum Gasteiger partial charge on any atom is 0.407 e. The number of carbonyl (C=O) groups excluding carboxylic acids is 3. The lowest BCUT2D eigenvalue weighted by Gasteiger charge is -2.17. The van der Waals surface area contributed by atoms with Crippen molar-refractivity contribution in [3.8, 4) is 0 Å². The van der Waals surface area contributed by atoms with E-state index < -0.39 is 23.6 Å². The third kappa shape index (κ3) is 8.22. The fraction of sp³-hybridized carbons (Fsp3) is 0.444. The zero-order chi connectivity index (χ0) is 29.1. The third-order valence-corrected chi connectivity index (χ3v) is 6.15. The van der Waals surface area contributed by atoms with Crippen LogP contribution in [0.3, 0.4) is 0 Å². The van der Waals surface area contributed by atoms with Crippen molar-refractivity contribution in [3.05, 3.63) is 58.7 Å². The van der Waals surface area contributed by atoms with Crippen molar-refractivity contribution in [1.82, 2.24) is 34.7 Å². The number of pyridine rings is 1. The van der Waals surface area contributed by atoms with Gasteiger partial charge in [-0.1, -0.05) is 25.8 Å². The first-order chi connectivity index (χ1) is 19.2. The Bertz CT molecular complexity index is 1410. The molecule has 3 rings (SSSR count). The Morgan fingerprint density at radius 3 is 2.75 bits per heavy atom. The lowest BCUT2D eigenvalue weighted by Crippen LogP contribution is -2.44. The van der Waals surface area contributed by atoms with Crippen LogP contribution in [0.1, 0.15) is 50.5 Å².